The molecule has 2 aliphatic rings. The van der Waals surface area contributed by atoms with E-state index in [9.17, 15) is 9.59 Å². The van der Waals surface area contributed by atoms with Gasteiger partial charge in [-0.25, -0.2) is 0 Å². The summed E-state index contributed by atoms with van der Waals surface area (Å²) in [5.41, 5.74) is 3.02. The molecule has 0 unspecified atom stereocenters. The summed E-state index contributed by atoms with van der Waals surface area (Å²) in [6, 6.07) is 14.7. The van der Waals surface area contributed by atoms with E-state index in [2.05, 4.69) is 13.2 Å². The standard InChI is InChI=1S/C30H32O8/c1-19-17-37-27(21-7-11-23(33-3)12-8-21)25(19)29(31)35-15-5-6-16-36-30(32)26-20(2)18-38-28(26)22-9-13-24(34-4)14-10-22/h5-14,25-28H,1-2,15-18H2,3-4H3/b6-5+/t25-,26-,27+,28+/m1/s1. The van der Waals surface area contributed by atoms with Gasteiger partial charge in [-0.3, -0.25) is 9.59 Å². The molecular weight excluding hydrogens is 488 g/mol. The predicted octanol–water partition coefficient (Wildman–Crippen LogP) is 4.53. The summed E-state index contributed by atoms with van der Waals surface area (Å²) in [5, 5.41) is 0. The largest absolute Gasteiger partial charge is 0.497 e. The first kappa shape index (κ1) is 27.2. The van der Waals surface area contributed by atoms with Gasteiger partial charge < -0.3 is 28.4 Å². The summed E-state index contributed by atoms with van der Waals surface area (Å²) < 4.78 is 32.8. The average molecular weight is 521 g/mol. The molecule has 2 aromatic rings. The highest BCUT2D eigenvalue weighted by Crippen LogP contribution is 2.39. The van der Waals surface area contributed by atoms with Crippen LogP contribution >= 0.6 is 0 Å². The van der Waals surface area contributed by atoms with Crippen LogP contribution in [0.3, 0.4) is 0 Å². The van der Waals surface area contributed by atoms with Crippen LogP contribution in [-0.2, 0) is 28.5 Å². The summed E-state index contributed by atoms with van der Waals surface area (Å²) >= 11 is 0. The Morgan fingerprint density at radius 2 is 1.11 bits per heavy atom. The minimum absolute atomic E-state index is 0.0310. The lowest BCUT2D eigenvalue weighted by Crippen LogP contribution is -2.22. The maximum atomic E-state index is 12.8. The Hall–Kier alpha value is -3.88. The van der Waals surface area contributed by atoms with E-state index >= 15 is 0 Å². The molecule has 2 fully saturated rings. The van der Waals surface area contributed by atoms with Crippen molar-refractivity contribution in [2.24, 2.45) is 11.8 Å². The normalized spacial score (nSPS) is 23.0. The van der Waals surface area contributed by atoms with Crippen molar-refractivity contribution in [1.82, 2.24) is 0 Å². The van der Waals surface area contributed by atoms with E-state index in [1.165, 1.54) is 0 Å². The van der Waals surface area contributed by atoms with Crippen LogP contribution in [0, 0.1) is 11.8 Å². The van der Waals surface area contributed by atoms with Crippen LogP contribution in [0.5, 0.6) is 11.5 Å². The Labute approximate surface area is 222 Å². The number of hydrogen-bond donors (Lipinski definition) is 0. The molecule has 0 saturated carbocycles. The minimum Gasteiger partial charge on any atom is -0.497 e. The predicted molar refractivity (Wildman–Crippen MR) is 140 cm³/mol. The van der Waals surface area contributed by atoms with Crippen molar-refractivity contribution in [3.8, 4) is 11.5 Å². The second-order valence-corrected chi connectivity index (χ2v) is 9.01. The molecule has 8 nitrogen and oxygen atoms in total. The Balaban J connectivity index is 1.25. The fraction of sp³-hybridized carbons (Fsp3) is 0.333. The SMILES string of the molecule is C=C1CO[C@@H](c2ccc(OC)cc2)[C@@H]1C(=O)OC/C=C/COC(=O)[C@@H]1C(=C)CO[C@H]1c1ccc(OC)cc1. The number of benzene rings is 2. The molecule has 4 atom stereocenters. The van der Waals surface area contributed by atoms with E-state index in [0.717, 1.165) is 22.6 Å². The minimum atomic E-state index is -0.599. The first-order valence-electron chi connectivity index (χ1n) is 12.3. The number of esters is 2. The molecule has 0 radical (unpaired) electrons. The summed E-state index contributed by atoms with van der Waals surface area (Å²) in [7, 11) is 3.19. The third-order valence-electron chi connectivity index (χ3n) is 6.59. The van der Waals surface area contributed by atoms with Gasteiger partial charge >= 0.3 is 11.9 Å². The van der Waals surface area contributed by atoms with Gasteiger partial charge in [0, 0.05) is 0 Å². The Morgan fingerprint density at radius 3 is 1.45 bits per heavy atom. The van der Waals surface area contributed by atoms with E-state index in [1.807, 2.05) is 48.5 Å². The molecule has 4 rings (SSSR count). The molecule has 8 heteroatoms. The van der Waals surface area contributed by atoms with Crippen molar-refractivity contribution >= 4 is 11.9 Å². The van der Waals surface area contributed by atoms with Gasteiger partial charge in [0.1, 0.15) is 48.8 Å². The highest BCUT2D eigenvalue weighted by Gasteiger charge is 2.40. The van der Waals surface area contributed by atoms with Crippen molar-refractivity contribution in [3.05, 3.63) is 96.1 Å². The zero-order chi connectivity index (χ0) is 27.1. The number of rotatable bonds is 10. The van der Waals surface area contributed by atoms with Gasteiger partial charge in [0.25, 0.3) is 0 Å². The summed E-state index contributed by atoms with van der Waals surface area (Å²) in [5.74, 6) is -0.600. The van der Waals surface area contributed by atoms with Crippen molar-refractivity contribution in [2.45, 2.75) is 12.2 Å². The lowest BCUT2D eigenvalue weighted by molar-refractivity contribution is -0.149. The third-order valence-corrected chi connectivity index (χ3v) is 6.59. The van der Waals surface area contributed by atoms with Gasteiger partial charge in [-0.05, 0) is 58.7 Å². The van der Waals surface area contributed by atoms with Crippen LogP contribution in [0.2, 0.25) is 0 Å². The van der Waals surface area contributed by atoms with E-state index in [0.29, 0.717) is 11.1 Å². The van der Waals surface area contributed by atoms with Gasteiger partial charge in [0.15, 0.2) is 0 Å². The monoisotopic (exact) mass is 520 g/mol. The summed E-state index contributed by atoms with van der Waals surface area (Å²) in [6.45, 7) is 8.59. The molecule has 0 aromatic heterocycles. The molecule has 0 bridgehead atoms. The molecule has 0 spiro atoms. The van der Waals surface area contributed by atoms with Crippen molar-refractivity contribution in [1.29, 1.82) is 0 Å². The van der Waals surface area contributed by atoms with Crippen molar-refractivity contribution in [2.75, 3.05) is 40.6 Å². The Bertz CT molecular complexity index is 1090. The summed E-state index contributed by atoms with van der Waals surface area (Å²) in [6.07, 6.45) is 2.33. The molecule has 0 N–H and O–H groups in total. The number of carbonyl (C=O) groups excluding carboxylic acids is 2. The molecule has 2 aromatic carbocycles. The smallest absolute Gasteiger partial charge is 0.316 e. The van der Waals surface area contributed by atoms with E-state index < -0.39 is 36.0 Å². The maximum absolute atomic E-state index is 12.8. The third kappa shape index (κ3) is 6.15. The number of carbonyl (C=O) groups is 2. The lowest BCUT2D eigenvalue weighted by atomic mass is 9.92. The second-order valence-electron chi connectivity index (χ2n) is 9.01. The van der Waals surface area contributed by atoms with Crippen LogP contribution in [0.25, 0.3) is 0 Å². The van der Waals surface area contributed by atoms with Gasteiger partial charge in [0.05, 0.1) is 27.4 Å². The van der Waals surface area contributed by atoms with Crippen LogP contribution in [0.4, 0.5) is 0 Å². The fourth-order valence-electron chi connectivity index (χ4n) is 4.51. The quantitative estimate of drug-likeness (QED) is 0.333. The Kier molecular flexibility index (Phi) is 8.99. The molecule has 2 saturated heterocycles. The topological polar surface area (TPSA) is 89.5 Å². The van der Waals surface area contributed by atoms with Crippen LogP contribution in [-0.4, -0.2) is 52.6 Å². The molecule has 2 aliphatic heterocycles. The van der Waals surface area contributed by atoms with Gasteiger partial charge in [0.2, 0.25) is 0 Å². The Morgan fingerprint density at radius 1 is 0.737 bits per heavy atom. The zero-order valence-corrected chi connectivity index (χ0v) is 21.6. The molecule has 38 heavy (non-hydrogen) atoms. The van der Waals surface area contributed by atoms with Crippen LogP contribution < -0.4 is 9.47 Å². The van der Waals surface area contributed by atoms with Crippen molar-refractivity contribution in [3.63, 3.8) is 0 Å². The number of ether oxygens (including phenoxy) is 6. The van der Waals surface area contributed by atoms with Gasteiger partial charge in [-0.1, -0.05) is 37.4 Å². The summed E-state index contributed by atoms with van der Waals surface area (Å²) in [4.78, 5) is 25.6. The van der Waals surface area contributed by atoms with E-state index in [-0.39, 0.29) is 26.4 Å². The lowest BCUT2D eigenvalue weighted by Gasteiger charge is -2.18. The molecular formula is C30H32O8. The highest BCUT2D eigenvalue weighted by molar-refractivity contribution is 5.78. The van der Waals surface area contributed by atoms with E-state index in [1.54, 1.807) is 26.4 Å². The fourth-order valence-corrected chi connectivity index (χ4v) is 4.51. The zero-order valence-electron chi connectivity index (χ0n) is 21.6. The number of hydrogen-bond acceptors (Lipinski definition) is 8. The van der Waals surface area contributed by atoms with Gasteiger partial charge in [-0.2, -0.15) is 0 Å². The molecule has 0 aliphatic carbocycles. The maximum Gasteiger partial charge on any atom is 0.316 e. The van der Waals surface area contributed by atoms with Crippen LogP contribution in [0.15, 0.2) is 85.0 Å². The van der Waals surface area contributed by atoms with E-state index in [4.69, 9.17) is 28.4 Å². The van der Waals surface area contributed by atoms with Gasteiger partial charge in [-0.15, -0.1) is 0 Å². The van der Waals surface area contributed by atoms with Crippen LogP contribution in [0.1, 0.15) is 23.3 Å². The average Bonchev–Trinajstić information content (AvgIpc) is 3.52. The first-order chi connectivity index (χ1) is 18.4. The molecule has 2 heterocycles. The highest BCUT2D eigenvalue weighted by atomic mass is 16.5. The first-order valence-corrected chi connectivity index (χ1v) is 12.3. The molecule has 200 valence electrons. The number of methoxy groups -OCH3 is 2. The van der Waals surface area contributed by atoms with Crippen molar-refractivity contribution < 1.29 is 38.0 Å². The molecule has 0 amide bonds. The second kappa shape index (κ2) is 12.6.